The Bertz CT molecular complexity index is 1270. The van der Waals surface area contributed by atoms with E-state index in [2.05, 4.69) is 47.2 Å². The molecule has 5 nitrogen and oxygen atoms in total. The smallest absolute Gasteiger partial charge is 0.168 e. The molecule has 0 amide bonds. The lowest BCUT2D eigenvalue weighted by atomic mass is 9.89. The van der Waals surface area contributed by atoms with Crippen molar-refractivity contribution in [2.75, 3.05) is 17.3 Å². The first-order valence-corrected chi connectivity index (χ1v) is 10.5. The van der Waals surface area contributed by atoms with E-state index in [-0.39, 0.29) is 11.4 Å². The van der Waals surface area contributed by atoms with Crippen LogP contribution in [0.4, 0.5) is 15.8 Å². The molecule has 164 valence electrons. The van der Waals surface area contributed by atoms with E-state index in [0.29, 0.717) is 18.0 Å². The summed E-state index contributed by atoms with van der Waals surface area (Å²) in [4.78, 5) is 6.57. The van der Waals surface area contributed by atoms with Crippen molar-refractivity contribution in [2.45, 2.75) is 32.9 Å². The molecule has 0 bridgehead atoms. The predicted molar refractivity (Wildman–Crippen MR) is 125 cm³/mol. The van der Waals surface area contributed by atoms with Gasteiger partial charge in [0, 0.05) is 40.8 Å². The summed E-state index contributed by atoms with van der Waals surface area (Å²) in [5.74, 6) is 0.654. The number of benzene rings is 3. The maximum atomic E-state index is 14.2. The Morgan fingerprint density at radius 2 is 1.84 bits per heavy atom. The van der Waals surface area contributed by atoms with Crippen molar-refractivity contribution in [1.29, 1.82) is 0 Å². The van der Waals surface area contributed by atoms with Crippen LogP contribution in [0.3, 0.4) is 0 Å². The lowest BCUT2D eigenvalue weighted by molar-refractivity contribution is -0.137. The van der Waals surface area contributed by atoms with Gasteiger partial charge in [-0.25, -0.2) is 9.65 Å². The van der Waals surface area contributed by atoms with Gasteiger partial charge in [0.25, 0.3) is 0 Å². The number of anilines is 2. The van der Waals surface area contributed by atoms with Crippen molar-refractivity contribution in [1.82, 2.24) is 0 Å². The highest BCUT2D eigenvalue weighted by molar-refractivity contribution is 5.97. The third-order valence-corrected chi connectivity index (χ3v) is 6.16. The van der Waals surface area contributed by atoms with Gasteiger partial charge in [0.05, 0.1) is 12.6 Å². The molecule has 0 aliphatic carbocycles. The van der Waals surface area contributed by atoms with E-state index in [9.17, 15) is 4.39 Å². The van der Waals surface area contributed by atoms with Crippen LogP contribution in [0.25, 0.3) is 16.8 Å². The number of aryl methyl sites for hydroxylation is 1. The van der Waals surface area contributed by atoms with E-state index in [1.54, 1.807) is 25.3 Å². The van der Waals surface area contributed by atoms with Crippen molar-refractivity contribution >= 4 is 17.1 Å². The molecular weight excluding hydrogens is 407 g/mol. The molecule has 2 aliphatic rings. The molecule has 0 spiro atoms. The van der Waals surface area contributed by atoms with Crippen molar-refractivity contribution in [3.63, 3.8) is 0 Å². The molecule has 0 fully saturated rings. The van der Waals surface area contributed by atoms with Crippen LogP contribution in [0, 0.1) is 12.7 Å². The van der Waals surface area contributed by atoms with E-state index in [1.807, 2.05) is 19.1 Å². The molecule has 6 heteroatoms. The molecule has 3 aromatic carbocycles. The van der Waals surface area contributed by atoms with Gasteiger partial charge in [-0.2, -0.15) is 0 Å². The fourth-order valence-corrected chi connectivity index (χ4v) is 4.75. The van der Waals surface area contributed by atoms with Crippen molar-refractivity contribution < 1.29 is 19.3 Å². The summed E-state index contributed by atoms with van der Waals surface area (Å²) in [6.45, 7) is 6.86. The first kappa shape index (κ1) is 20.4. The predicted octanol–water partition coefficient (Wildman–Crippen LogP) is 6.23. The second-order valence-electron chi connectivity index (χ2n) is 8.86. The van der Waals surface area contributed by atoms with Crippen LogP contribution in [-0.4, -0.2) is 17.9 Å². The zero-order valence-electron chi connectivity index (χ0n) is 18.5. The average molecular weight is 432 g/mol. The number of halogens is 1. The molecule has 2 aliphatic heterocycles. The molecule has 2 N–H and O–H groups in total. The lowest BCUT2D eigenvalue weighted by Crippen LogP contribution is -2.33. The molecule has 0 atom stereocenters. The Balaban J connectivity index is 1.73. The highest BCUT2D eigenvalue weighted by Gasteiger charge is 2.37. The van der Waals surface area contributed by atoms with Gasteiger partial charge >= 0.3 is 0 Å². The van der Waals surface area contributed by atoms with E-state index in [0.717, 1.165) is 44.9 Å². The summed E-state index contributed by atoms with van der Waals surface area (Å²) in [6, 6.07) is 14.3. The van der Waals surface area contributed by atoms with Crippen molar-refractivity contribution in [3.05, 3.63) is 77.1 Å². The quantitative estimate of drug-likeness (QED) is 0.378. The Hall–Kier alpha value is -3.51. The molecule has 32 heavy (non-hydrogen) atoms. The summed E-state index contributed by atoms with van der Waals surface area (Å²) < 4.78 is 19.8. The van der Waals surface area contributed by atoms with Crippen LogP contribution >= 0.6 is 0 Å². The SMILES string of the molecule is COc1cc(OO)ccc1-c1ccc2c3c1CN(c1cc(F)ccc1C)C3=CC(C)(C)N2. The van der Waals surface area contributed by atoms with Crippen LogP contribution < -0.4 is 19.8 Å². The second kappa shape index (κ2) is 7.28. The highest BCUT2D eigenvalue weighted by Crippen LogP contribution is 2.50. The van der Waals surface area contributed by atoms with Crippen LogP contribution in [0.1, 0.15) is 30.5 Å². The zero-order valence-corrected chi connectivity index (χ0v) is 18.5. The summed E-state index contributed by atoms with van der Waals surface area (Å²) >= 11 is 0. The van der Waals surface area contributed by atoms with Gasteiger partial charge in [-0.1, -0.05) is 12.1 Å². The van der Waals surface area contributed by atoms with E-state index in [4.69, 9.17) is 9.99 Å². The summed E-state index contributed by atoms with van der Waals surface area (Å²) in [5, 5.41) is 12.6. The fourth-order valence-electron chi connectivity index (χ4n) is 4.75. The zero-order chi connectivity index (χ0) is 22.6. The Kier molecular flexibility index (Phi) is 4.64. The molecule has 0 radical (unpaired) electrons. The van der Waals surface area contributed by atoms with E-state index < -0.39 is 0 Å². The highest BCUT2D eigenvalue weighted by atomic mass is 19.1. The Morgan fingerprint density at radius 3 is 2.59 bits per heavy atom. The average Bonchev–Trinajstić information content (AvgIpc) is 3.14. The van der Waals surface area contributed by atoms with Crippen LogP contribution in [-0.2, 0) is 6.54 Å². The largest absolute Gasteiger partial charge is 0.496 e. The minimum absolute atomic E-state index is 0.247. The Labute approximate surface area is 186 Å². The van der Waals surface area contributed by atoms with Gasteiger partial charge in [-0.3, -0.25) is 0 Å². The number of ether oxygens (including phenoxy) is 1. The topological polar surface area (TPSA) is 54.0 Å². The molecule has 0 aromatic heterocycles. The third-order valence-electron chi connectivity index (χ3n) is 6.16. The third kappa shape index (κ3) is 3.19. The normalized spacial score (nSPS) is 15.7. The standard InChI is InChI=1S/C26H25FN2O3/c1-15-5-6-16(27)11-22(15)29-14-20-18(19-8-7-17(32-30)12-24(19)31-4)9-10-21-25(20)23(29)13-26(2,3)28-21/h5-13,28,30H,14H2,1-4H3. The minimum Gasteiger partial charge on any atom is -0.496 e. The van der Waals surface area contributed by atoms with E-state index >= 15 is 0 Å². The van der Waals surface area contributed by atoms with Crippen molar-refractivity contribution in [2.24, 2.45) is 0 Å². The number of hydrogen-bond donors (Lipinski definition) is 2. The maximum Gasteiger partial charge on any atom is 0.168 e. The van der Waals surface area contributed by atoms with Gasteiger partial charge in [-0.15, -0.1) is 0 Å². The molecular formula is C26H25FN2O3. The number of nitrogens with one attached hydrogen (secondary N) is 1. The number of rotatable bonds is 4. The molecule has 0 unspecified atom stereocenters. The van der Waals surface area contributed by atoms with E-state index in [1.165, 1.54) is 6.07 Å². The van der Waals surface area contributed by atoms with Gasteiger partial charge < -0.3 is 19.8 Å². The fraction of sp³-hybridized carbons (Fsp3) is 0.231. The molecule has 3 aromatic rings. The molecule has 2 heterocycles. The van der Waals surface area contributed by atoms with Crippen molar-refractivity contribution in [3.8, 4) is 22.6 Å². The maximum absolute atomic E-state index is 14.2. The molecule has 0 saturated heterocycles. The van der Waals surface area contributed by atoms with Crippen LogP contribution in [0.2, 0.25) is 0 Å². The number of methoxy groups -OCH3 is 1. The second-order valence-corrected chi connectivity index (χ2v) is 8.86. The first-order chi connectivity index (χ1) is 15.3. The van der Waals surface area contributed by atoms with Crippen LogP contribution in [0.15, 0.2) is 54.6 Å². The summed E-state index contributed by atoms with van der Waals surface area (Å²) in [6.07, 6.45) is 2.21. The van der Waals surface area contributed by atoms with Gasteiger partial charge in [0.2, 0.25) is 0 Å². The molecule has 0 saturated carbocycles. The Morgan fingerprint density at radius 1 is 1.06 bits per heavy atom. The molecule has 5 rings (SSSR count). The first-order valence-electron chi connectivity index (χ1n) is 10.5. The van der Waals surface area contributed by atoms with Crippen LogP contribution in [0.5, 0.6) is 11.5 Å². The monoisotopic (exact) mass is 432 g/mol. The van der Waals surface area contributed by atoms with Gasteiger partial charge in [-0.05, 0) is 73.9 Å². The summed E-state index contributed by atoms with van der Waals surface area (Å²) in [5.41, 5.74) is 7.93. The van der Waals surface area contributed by atoms with Gasteiger partial charge in [0.1, 0.15) is 11.6 Å². The van der Waals surface area contributed by atoms with Gasteiger partial charge in [0.15, 0.2) is 5.75 Å². The number of nitrogens with zero attached hydrogens (tertiary/aromatic N) is 1. The lowest BCUT2D eigenvalue weighted by Gasteiger charge is -2.33. The minimum atomic E-state index is -0.253. The number of hydrogen-bond acceptors (Lipinski definition) is 5. The summed E-state index contributed by atoms with van der Waals surface area (Å²) in [7, 11) is 1.59.